The van der Waals surface area contributed by atoms with E-state index in [4.69, 9.17) is 9.73 Å². The second-order valence-corrected chi connectivity index (χ2v) is 7.87. The van der Waals surface area contributed by atoms with Crippen molar-refractivity contribution >= 4 is 47.2 Å². The van der Waals surface area contributed by atoms with Gasteiger partial charge in [-0.15, -0.1) is 35.3 Å². The smallest absolute Gasteiger partial charge is 0.251 e. The van der Waals surface area contributed by atoms with Gasteiger partial charge in [-0.25, -0.2) is 4.99 Å². The van der Waals surface area contributed by atoms with E-state index < -0.39 is 0 Å². The van der Waals surface area contributed by atoms with Gasteiger partial charge in [0, 0.05) is 49.1 Å². The molecular weight excluding hydrogens is 463 g/mol. The average molecular weight is 492 g/mol. The first-order valence-electron chi connectivity index (χ1n) is 9.16. The highest BCUT2D eigenvalue weighted by Gasteiger charge is 2.30. The number of guanidine groups is 1. The predicted molar refractivity (Wildman–Crippen MR) is 116 cm³/mol. The zero-order valence-corrected chi connectivity index (χ0v) is 18.7. The Balaban J connectivity index is 0.00000243. The fourth-order valence-electron chi connectivity index (χ4n) is 3.26. The van der Waals surface area contributed by atoms with Crippen LogP contribution in [0.25, 0.3) is 0 Å². The third-order valence-corrected chi connectivity index (χ3v) is 5.60. The first-order chi connectivity index (χ1) is 12.2. The van der Waals surface area contributed by atoms with Gasteiger partial charge < -0.3 is 19.9 Å². The Bertz CT molecular complexity index is 608. The molecule has 0 bridgehead atoms. The Morgan fingerprint density at radius 1 is 1.31 bits per heavy atom. The Morgan fingerprint density at radius 2 is 2.04 bits per heavy atom. The lowest BCUT2D eigenvalue weighted by Gasteiger charge is -2.37. The van der Waals surface area contributed by atoms with Gasteiger partial charge >= 0.3 is 0 Å². The van der Waals surface area contributed by atoms with Gasteiger partial charge in [-0.2, -0.15) is 0 Å². The van der Waals surface area contributed by atoms with Gasteiger partial charge in [-0.3, -0.25) is 4.79 Å². The van der Waals surface area contributed by atoms with Crippen LogP contribution in [0.4, 0.5) is 0 Å². The molecule has 1 amide bonds. The van der Waals surface area contributed by atoms with Crippen LogP contribution in [0, 0.1) is 6.92 Å². The van der Waals surface area contributed by atoms with Crippen LogP contribution in [-0.4, -0.2) is 67.1 Å². The van der Waals surface area contributed by atoms with Gasteiger partial charge in [0.2, 0.25) is 0 Å². The molecule has 0 saturated carbocycles. The summed E-state index contributed by atoms with van der Waals surface area (Å²) in [6.07, 6.45) is 1.65. The summed E-state index contributed by atoms with van der Waals surface area (Å²) in [7, 11) is 0. The topological polar surface area (TPSA) is 57.2 Å². The van der Waals surface area contributed by atoms with Crippen molar-refractivity contribution in [1.29, 1.82) is 0 Å². The number of nitrogens with zero attached hydrogens (tertiary/aromatic N) is 3. The number of aliphatic imine (C=N–C) groups is 1. The molecule has 8 heteroatoms. The lowest BCUT2D eigenvalue weighted by Crippen LogP contribution is -2.55. The minimum Gasteiger partial charge on any atom is -0.368 e. The standard InChI is InChI=1S/C18H28N4O2S.HI/c1-3-19-18(20-13-15-7-6-14(2)25-15)22-10-8-21(9-11-22)17(23)16-5-4-12-24-16;/h6-7,16H,3-5,8-13H2,1-2H3,(H,19,20);1H. The van der Waals surface area contributed by atoms with Crippen LogP contribution in [0.15, 0.2) is 17.1 Å². The molecule has 2 aliphatic heterocycles. The maximum Gasteiger partial charge on any atom is 0.251 e. The molecule has 2 saturated heterocycles. The van der Waals surface area contributed by atoms with E-state index in [2.05, 4.69) is 36.2 Å². The van der Waals surface area contributed by atoms with E-state index in [0.29, 0.717) is 6.54 Å². The number of thiophene rings is 1. The maximum atomic E-state index is 12.5. The lowest BCUT2D eigenvalue weighted by atomic mass is 10.2. The van der Waals surface area contributed by atoms with E-state index in [-0.39, 0.29) is 36.0 Å². The van der Waals surface area contributed by atoms with Crippen molar-refractivity contribution in [2.75, 3.05) is 39.3 Å². The second kappa shape index (κ2) is 10.5. The summed E-state index contributed by atoms with van der Waals surface area (Å²) in [5.74, 6) is 1.10. The number of carbonyl (C=O) groups excluding carboxylic acids is 1. The molecule has 1 aromatic heterocycles. The summed E-state index contributed by atoms with van der Waals surface area (Å²) in [4.78, 5) is 24.0. The van der Waals surface area contributed by atoms with Crippen molar-refractivity contribution in [3.05, 3.63) is 21.9 Å². The molecule has 3 heterocycles. The maximum absolute atomic E-state index is 12.5. The van der Waals surface area contributed by atoms with Crippen LogP contribution in [0.5, 0.6) is 0 Å². The summed E-state index contributed by atoms with van der Waals surface area (Å²) < 4.78 is 5.53. The molecule has 0 aliphatic carbocycles. The van der Waals surface area contributed by atoms with Crippen LogP contribution in [0.2, 0.25) is 0 Å². The van der Waals surface area contributed by atoms with Crippen LogP contribution in [-0.2, 0) is 16.1 Å². The number of nitrogens with one attached hydrogen (secondary N) is 1. The monoisotopic (exact) mass is 492 g/mol. The molecule has 2 aliphatic rings. The fraction of sp³-hybridized carbons (Fsp3) is 0.667. The molecule has 1 aromatic rings. The van der Waals surface area contributed by atoms with Gasteiger partial charge in [0.05, 0.1) is 6.54 Å². The van der Waals surface area contributed by atoms with E-state index >= 15 is 0 Å². The molecule has 26 heavy (non-hydrogen) atoms. The number of hydrogen-bond donors (Lipinski definition) is 1. The number of ether oxygens (including phenoxy) is 1. The predicted octanol–water partition coefficient (Wildman–Crippen LogP) is 2.46. The van der Waals surface area contributed by atoms with E-state index in [1.54, 1.807) is 11.3 Å². The number of carbonyl (C=O) groups is 1. The Labute approximate surface area is 177 Å². The minimum atomic E-state index is -0.212. The highest BCUT2D eigenvalue weighted by atomic mass is 127. The zero-order chi connectivity index (χ0) is 17.6. The third kappa shape index (κ3) is 5.56. The van der Waals surface area contributed by atoms with Crippen molar-refractivity contribution in [3.63, 3.8) is 0 Å². The Kier molecular flexibility index (Phi) is 8.62. The summed E-state index contributed by atoms with van der Waals surface area (Å²) in [5, 5.41) is 3.38. The molecule has 0 radical (unpaired) electrons. The average Bonchev–Trinajstić information content (AvgIpc) is 3.30. The molecule has 1 unspecified atom stereocenters. The quantitative estimate of drug-likeness (QED) is 0.399. The molecule has 1 N–H and O–H groups in total. The minimum absolute atomic E-state index is 0. The largest absolute Gasteiger partial charge is 0.368 e. The molecular formula is C18H29IN4O2S. The summed E-state index contributed by atoms with van der Waals surface area (Å²) in [6, 6.07) is 4.28. The number of halogens is 1. The number of rotatable bonds is 4. The lowest BCUT2D eigenvalue weighted by molar-refractivity contribution is -0.142. The summed E-state index contributed by atoms with van der Waals surface area (Å²) in [5.41, 5.74) is 0. The van der Waals surface area contributed by atoms with Crippen LogP contribution >= 0.6 is 35.3 Å². The normalized spacial score (nSPS) is 20.8. The molecule has 0 aromatic carbocycles. The van der Waals surface area contributed by atoms with E-state index in [9.17, 15) is 4.79 Å². The highest BCUT2D eigenvalue weighted by molar-refractivity contribution is 14.0. The van der Waals surface area contributed by atoms with Gasteiger partial charge in [0.1, 0.15) is 6.10 Å². The zero-order valence-electron chi connectivity index (χ0n) is 15.6. The van der Waals surface area contributed by atoms with E-state index in [0.717, 1.165) is 58.1 Å². The fourth-order valence-corrected chi connectivity index (χ4v) is 4.08. The molecule has 146 valence electrons. The highest BCUT2D eigenvalue weighted by Crippen LogP contribution is 2.17. The summed E-state index contributed by atoms with van der Waals surface area (Å²) in [6.45, 7) is 9.57. The van der Waals surface area contributed by atoms with Gasteiger partial charge in [0.15, 0.2) is 5.96 Å². The second-order valence-electron chi connectivity index (χ2n) is 6.50. The van der Waals surface area contributed by atoms with Gasteiger partial charge in [0.25, 0.3) is 5.91 Å². The van der Waals surface area contributed by atoms with Crippen molar-refractivity contribution in [3.8, 4) is 0 Å². The van der Waals surface area contributed by atoms with Crippen molar-refractivity contribution in [2.45, 2.75) is 39.3 Å². The first kappa shape index (κ1) is 21.4. The van der Waals surface area contributed by atoms with E-state index in [1.807, 2.05) is 4.90 Å². The molecule has 6 nitrogen and oxygen atoms in total. The van der Waals surface area contributed by atoms with Crippen LogP contribution < -0.4 is 5.32 Å². The van der Waals surface area contributed by atoms with Crippen molar-refractivity contribution in [1.82, 2.24) is 15.1 Å². The van der Waals surface area contributed by atoms with Crippen LogP contribution in [0.1, 0.15) is 29.5 Å². The van der Waals surface area contributed by atoms with Gasteiger partial charge in [-0.05, 0) is 38.8 Å². The van der Waals surface area contributed by atoms with Crippen molar-refractivity contribution in [2.24, 2.45) is 4.99 Å². The Hall–Kier alpha value is -0.870. The molecule has 2 fully saturated rings. The molecule has 3 rings (SSSR count). The number of aryl methyl sites for hydroxylation is 1. The third-order valence-electron chi connectivity index (χ3n) is 4.61. The number of amides is 1. The van der Waals surface area contributed by atoms with E-state index in [1.165, 1.54) is 9.75 Å². The SMILES string of the molecule is CCNC(=NCc1ccc(C)s1)N1CCN(C(=O)C2CCCO2)CC1.I. The number of hydrogen-bond acceptors (Lipinski definition) is 4. The summed E-state index contributed by atoms with van der Waals surface area (Å²) >= 11 is 1.79. The molecule has 1 atom stereocenters. The van der Waals surface area contributed by atoms with Crippen LogP contribution in [0.3, 0.4) is 0 Å². The van der Waals surface area contributed by atoms with Crippen molar-refractivity contribution < 1.29 is 9.53 Å². The Morgan fingerprint density at radius 3 is 2.62 bits per heavy atom. The first-order valence-corrected chi connectivity index (χ1v) is 9.98. The molecule has 0 spiro atoms. The van der Waals surface area contributed by atoms with Gasteiger partial charge in [-0.1, -0.05) is 0 Å². The number of piperazine rings is 1.